The molecule has 0 atom stereocenters. The van der Waals surface area contributed by atoms with Crippen LogP contribution in [0.4, 0.5) is 10.5 Å². The van der Waals surface area contributed by atoms with Gasteiger partial charge in [-0.3, -0.25) is 4.79 Å². The number of hydrogen-bond donors (Lipinski definition) is 1. The molecular formula is C18H25N3O5S. The van der Waals surface area contributed by atoms with E-state index in [2.05, 4.69) is 5.32 Å². The Morgan fingerprint density at radius 3 is 2.52 bits per heavy atom. The van der Waals surface area contributed by atoms with Crippen LogP contribution in [0.5, 0.6) is 0 Å². The van der Waals surface area contributed by atoms with Crippen molar-refractivity contribution < 1.29 is 22.7 Å². The number of sulfonamides is 1. The van der Waals surface area contributed by atoms with Crippen molar-refractivity contribution in [3.63, 3.8) is 0 Å². The van der Waals surface area contributed by atoms with Crippen molar-refractivity contribution in [1.29, 1.82) is 0 Å². The van der Waals surface area contributed by atoms with Crippen molar-refractivity contribution >= 4 is 27.7 Å². The minimum Gasteiger partial charge on any atom is -0.448 e. The van der Waals surface area contributed by atoms with E-state index in [-0.39, 0.29) is 23.8 Å². The van der Waals surface area contributed by atoms with E-state index in [1.54, 1.807) is 18.2 Å². The predicted molar refractivity (Wildman–Crippen MR) is 99.8 cm³/mol. The van der Waals surface area contributed by atoms with Gasteiger partial charge in [0.1, 0.15) is 6.61 Å². The van der Waals surface area contributed by atoms with Crippen molar-refractivity contribution in [2.75, 3.05) is 38.1 Å². The molecule has 0 aliphatic carbocycles. The van der Waals surface area contributed by atoms with Crippen LogP contribution in [0.1, 0.15) is 32.1 Å². The van der Waals surface area contributed by atoms with Gasteiger partial charge in [0.2, 0.25) is 15.9 Å². The average molecular weight is 395 g/mol. The summed E-state index contributed by atoms with van der Waals surface area (Å²) in [5.74, 6) is -0.279. The predicted octanol–water partition coefficient (Wildman–Crippen LogP) is 2.03. The van der Waals surface area contributed by atoms with Crippen LogP contribution in [0.2, 0.25) is 0 Å². The van der Waals surface area contributed by atoms with Crippen LogP contribution in [0.25, 0.3) is 0 Å². The molecule has 0 radical (unpaired) electrons. The second kappa shape index (κ2) is 8.71. The van der Waals surface area contributed by atoms with Crippen molar-refractivity contribution in [2.24, 2.45) is 0 Å². The van der Waals surface area contributed by atoms with Crippen molar-refractivity contribution in [3.8, 4) is 0 Å². The van der Waals surface area contributed by atoms with Crippen molar-refractivity contribution in [1.82, 2.24) is 9.21 Å². The van der Waals surface area contributed by atoms with E-state index >= 15 is 0 Å². The summed E-state index contributed by atoms with van der Waals surface area (Å²) in [6.45, 7) is 2.17. The van der Waals surface area contributed by atoms with Crippen LogP contribution >= 0.6 is 0 Å². The molecule has 1 N–H and O–H groups in total. The molecule has 2 amide bonds. The zero-order chi connectivity index (χ0) is 19.3. The van der Waals surface area contributed by atoms with Gasteiger partial charge in [-0.05, 0) is 31.0 Å². The molecule has 2 aliphatic heterocycles. The fraction of sp³-hybridized carbons (Fsp3) is 0.556. The summed E-state index contributed by atoms with van der Waals surface area (Å²) in [6.07, 6.45) is 3.55. The Balaban J connectivity index is 1.62. The number of hydrogen-bond acceptors (Lipinski definition) is 5. The average Bonchev–Trinajstić information content (AvgIpc) is 2.88. The number of nitrogens with one attached hydrogen (secondary N) is 1. The largest absolute Gasteiger partial charge is 0.448 e. The lowest BCUT2D eigenvalue weighted by molar-refractivity contribution is -0.116. The van der Waals surface area contributed by atoms with E-state index in [1.807, 2.05) is 0 Å². The molecule has 148 valence electrons. The van der Waals surface area contributed by atoms with E-state index in [4.69, 9.17) is 4.74 Å². The molecule has 2 heterocycles. The fourth-order valence-electron chi connectivity index (χ4n) is 3.25. The third kappa shape index (κ3) is 4.98. The lowest BCUT2D eigenvalue weighted by atomic mass is 10.2. The molecule has 1 aromatic carbocycles. The number of benzene rings is 1. The first kappa shape index (κ1) is 19.6. The first-order valence-corrected chi connectivity index (χ1v) is 10.7. The molecular weight excluding hydrogens is 370 g/mol. The number of carbonyl (C=O) groups is 2. The standard InChI is InChI=1S/C18H25N3O5S/c22-17(8-11-20-12-13-26-18(20)23)19-15-6-5-7-16(14-15)27(24,25)21-9-3-1-2-4-10-21/h5-7,14H,1-4,8-13H2,(H,19,22). The molecule has 2 saturated heterocycles. The summed E-state index contributed by atoms with van der Waals surface area (Å²) in [5.41, 5.74) is 0.430. The van der Waals surface area contributed by atoms with Crippen molar-refractivity contribution in [3.05, 3.63) is 24.3 Å². The number of anilines is 1. The quantitative estimate of drug-likeness (QED) is 0.795. The minimum absolute atomic E-state index is 0.123. The highest BCUT2D eigenvalue weighted by atomic mass is 32.2. The van der Waals surface area contributed by atoms with E-state index < -0.39 is 16.1 Å². The highest BCUT2D eigenvalue weighted by Gasteiger charge is 2.26. The molecule has 0 saturated carbocycles. The lowest BCUT2D eigenvalue weighted by Gasteiger charge is -2.20. The Morgan fingerprint density at radius 1 is 1.11 bits per heavy atom. The second-order valence-electron chi connectivity index (χ2n) is 6.75. The maximum Gasteiger partial charge on any atom is 0.409 e. The topological polar surface area (TPSA) is 96.0 Å². The van der Waals surface area contributed by atoms with Gasteiger partial charge in [-0.25, -0.2) is 13.2 Å². The van der Waals surface area contributed by atoms with E-state index in [0.717, 1.165) is 25.7 Å². The molecule has 0 bridgehead atoms. The van der Waals surface area contributed by atoms with Gasteiger partial charge in [-0.1, -0.05) is 18.9 Å². The van der Waals surface area contributed by atoms with Crippen LogP contribution in [0, 0.1) is 0 Å². The van der Waals surface area contributed by atoms with E-state index in [0.29, 0.717) is 31.9 Å². The summed E-state index contributed by atoms with van der Waals surface area (Å²) >= 11 is 0. The number of nitrogens with zero attached hydrogens (tertiary/aromatic N) is 2. The van der Waals surface area contributed by atoms with Gasteiger partial charge in [0.25, 0.3) is 0 Å². The SMILES string of the molecule is O=C(CCN1CCOC1=O)Nc1cccc(S(=O)(=O)N2CCCCCC2)c1. The summed E-state index contributed by atoms with van der Waals surface area (Å²) in [6, 6.07) is 6.32. The van der Waals surface area contributed by atoms with Gasteiger partial charge in [0.15, 0.2) is 0 Å². The number of amides is 2. The van der Waals surface area contributed by atoms with E-state index in [9.17, 15) is 18.0 Å². The van der Waals surface area contributed by atoms with Crippen molar-refractivity contribution in [2.45, 2.75) is 37.0 Å². The summed E-state index contributed by atoms with van der Waals surface area (Å²) in [4.78, 5) is 25.2. The highest BCUT2D eigenvalue weighted by Crippen LogP contribution is 2.22. The Labute approximate surface area is 159 Å². The summed E-state index contributed by atoms with van der Waals surface area (Å²) in [7, 11) is -3.56. The molecule has 1 aromatic rings. The zero-order valence-electron chi connectivity index (χ0n) is 15.2. The number of carbonyl (C=O) groups excluding carboxylic acids is 2. The smallest absolute Gasteiger partial charge is 0.409 e. The number of ether oxygens (including phenoxy) is 1. The van der Waals surface area contributed by atoms with Gasteiger partial charge in [0.05, 0.1) is 11.4 Å². The van der Waals surface area contributed by atoms with Gasteiger partial charge in [0, 0.05) is 31.7 Å². The first-order chi connectivity index (χ1) is 13.0. The molecule has 3 rings (SSSR count). The summed E-state index contributed by atoms with van der Waals surface area (Å²) in [5, 5.41) is 2.71. The van der Waals surface area contributed by atoms with Crippen LogP contribution in [-0.2, 0) is 19.6 Å². The fourth-order valence-corrected chi connectivity index (χ4v) is 4.82. The van der Waals surface area contributed by atoms with Gasteiger partial charge in [-0.2, -0.15) is 4.31 Å². The monoisotopic (exact) mass is 395 g/mol. The molecule has 8 nitrogen and oxygen atoms in total. The highest BCUT2D eigenvalue weighted by molar-refractivity contribution is 7.89. The molecule has 2 fully saturated rings. The minimum atomic E-state index is -3.56. The van der Waals surface area contributed by atoms with E-state index in [1.165, 1.54) is 15.3 Å². The summed E-state index contributed by atoms with van der Waals surface area (Å²) < 4.78 is 32.1. The lowest BCUT2D eigenvalue weighted by Crippen LogP contribution is -2.32. The zero-order valence-corrected chi connectivity index (χ0v) is 16.0. The third-order valence-electron chi connectivity index (χ3n) is 4.77. The Bertz CT molecular complexity index is 788. The Hall–Kier alpha value is -2.13. The van der Waals surface area contributed by atoms with Crippen LogP contribution in [-0.4, -0.2) is 62.4 Å². The Morgan fingerprint density at radius 2 is 1.85 bits per heavy atom. The molecule has 2 aliphatic rings. The van der Waals surface area contributed by atoms with Crippen LogP contribution < -0.4 is 5.32 Å². The normalized spacial score (nSPS) is 18.8. The van der Waals surface area contributed by atoms with Crippen LogP contribution in [0.3, 0.4) is 0 Å². The van der Waals surface area contributed by atoms with Crippen LogP contribution in [0.15, 0.2) is 29.2 Å². The van der Waals surface area contributed by atoms with Gasteiger partial charge >= 0.3 is 6.09 Å². The first-order valence-electron chi connectivity index (χ1n) is 9.28. The molecule has 0 spiro atoms. The molecule has 27 heavy (non-hydrogen) atoms. The maximum absolute atomic E-state index is 12.9. The molecule has 9 heteroatoms. The number of cyclic esters (lactones) is 1. The van der Waals surface area contributed by atoms with Gasteiger partial charge in [-0.15, -0.1) is 0 Å². The maximum atomic E-state index is 12.9. The molecule has 0 unspecified atom stereocenters. The number of rotatable bonds is 6. The van der Waals surface area contributed by atoms with Gasteiger partial charge < -0.3 is 15.0 Å². The Kier molecular flexibility index (Phi) is 6.33. The molecule has 0 aromatic heterocycles. The second-order valence-corrected chi connectivity index (χ2v) is 8.68. The third-order valence-corrected chi connectivity index (χ3v) is 6.67.